The van der Waals surface area contributed by atoms with E-state index in [1.807, 2.05) is 13.8 Å². The maximum Gasteiger partial charge on any atom is 0.255 e. The number of fused-ring (bicyclic) bond motifs is 3. The second-order valence-corrected chi connectivity index (χ2v) is 11.9. The second kappa shape index (κ2) is 9.77. The minimum Gasteiger partial charge on any atom is -0.508 e. The number of hydrogen-bond acceptors (Lipinski definition) is 9. The molecule has 0 saturated heterocycles. The molecule has 1 amide bonds. The van der Waals surface area contributed by atoms with Gasteiger partial charge in [-0.3, -0.25) is 19.3 Å². The third-order valence-electron chi connectivity index (χ3n) is 8.98. The smallest absolute Gasteiger partial charge is 0.255 e. The molecule has 1 aromatic carbocycles. The molecule has 3 aliphatic rings. The van der Waals surface area contributed by atoms with Gasteiger partial charge in [-0.2, -0.15) is 0 Å². The summed E-state index contributed by atoms with van der Waals surface area (Å²) in [4.78, 5) is 40.8. The van der Waals surface area contributed by atoms with Gasteiger partial charge >= 0.3 is 0 Å². The molecule has 0 radical (unpaired) electrons. The van der Waals surface area contributed by atoms with Crippen molar-refractivity contribution in [3.8, 4) is 18.1 Å². The molecule has 4 rings (SSSR count). The van der Waals surface area contributed by atoms with Gasteiger partial charge in [0, 0.05) is 23.5 Å². The number of ketones is 2. The van der Waals surface area contributed by atoms with Crippen LogP contribution in [0.25, 0.3) is 5.76 Å². The molecule has 0 unspecified atom stereocenters. The Bertz CT molecular complexity index is 1420. The van der Waals surface area contributed by atoms with Crippen molar-refractivity contribution in [2.45, 2.75) is 69.1 Å². The number of nitrogens with two attached hydrogens (primary N) is 1. The number of phenolic OH excluding ortho intramolecular Hbond substituents is 1. The van der Waals surface area contributed by atoms with E-state index < -0.39 is 81.1 Å². The lowest BCUT2D eigenvalue weighted by atomic mass is 9.54. The largest absolute Gasteiger partial charge is 0.508 e. The number of Topliss-reactive ketones (excluding diaryl/α,β-unsaturated/α-hetero) is 2. The molecule has 1 aromatic rings. The molecule has 7 N–H and O–H groups in total. The van der Waals surface area contributed by atoms with E-state index in [0.29, 0.717) is 30.4 Å². The van der Waals surface area contributed by atoms with Crippen molar-refractivity contribution in [3.05, 3.63) is 45.7 Å². The van der Waals surface area contributed by atoms with E-state index in [1.165, 1.54) is 19.0 Å². The molecule has 0 aromatic heterocycles. The van der Waals surface area contributed by atoms with E-state index in [4.69, 9.17) is 12.2 Å². The molecule has 1 saturated carbocycles. The van der Waals surface area contributed by atoms with Crippen molar-refractivity contribution >= 4 is 23.2 Å². The molecular formula is C30H36N2O8. The van der Waals surface area contributed by atoms with Gasteiger partial charge in [-0.15, -0.1) is 12.3 Å². The highest BCUT2D eigenvalue weighted by molar-refractivity contribution is 6.24. The van der Waals surface area contributed by atoms with Crippen molar-refractivity contribution in [2.24, 2.45) is 17.6 Å². The Kier molecular flexibility index (Phi) is 7.16. The quantitative estimate of drug-likeness (QED) is 0.173. The third kappa shape index (κ3) is 3.87. The Morgan fingerprint density at radius 2 is 1.82 bits per heavy atom. The zero-order valence-corrected chi connectivity index (χ0v) is 23.2. The highest BCUT2D eigenvalue weighted by Gasteiger charge is 2.68. The van der Waals surface area contributed by atoms with Crippen LogP contribution in [0.1, 0.15) is 62.6 Å². The predicted octanol–water partition coefficient (Wildman–Crippen LogP) is 1.58. The molecule has 6 atom stereocenters. The maximum atomic E-state index is 14.1. The number of carbonyl (C=O) groups excluding carboxylic acids is 3. The van der Waals surface area contributed by atoms with E-state index >= 15 is 0 Å². The fourth-order valence-electron chi connectivity index (χ4n) is 6.93. The van der Waals surface area contributed by atoms with E-state index in [1.54, 1.807) is 19.1 Å². The number of nitrogens with zero attached hydrogens (tertiary/aromatic N) is 1. The monoisotopic (exact) mass is 552 g/mol. The molecule has 0 spiro atoms. The molecule has 10 heteroatoms. The summed E-state index contributed by atoms with van der Waals surface area (Å²) in [6.45, 7) is 5.54. The van der Waals surface area contributed by atoms with Gasteiger partial charge < -0.3 is 31.3 Å². The highest BCUT2D eigenvalue weighted by atomic mass is 16.4. The maximum absolute atomic E-state index is 14.1. The van der Waals surface area contributed by atoms with E-state index in [0.717, 1.165) is 0 Å². The summed E-state index contributed by atoms with van der Waals surface area (Å²) in [7, 11) is 2.93. The standard InChI is InChI=1S/C30H36N2O8/c1-7-8-9-12-29(3,4)15-11-10-14-13(2)16-18(23(34)17(14)22(15)33)26(37)30(40)20(24(16)35)21(32(5)6)25(36)19(27(30)38)28(31)39/h1,10-11,13,16,20-21,24,33-35,38,40H,8-9,12H2,2-6H3,(H2,31,39)/t13-,16+,20+,21-,24-,30-/m1/s1. The van der Waals surface area contributed by atoms with Crippen molar-refractivity contribution in [2.75, 3.05) is 14.1 Å². The van der Waals surface area contributed by atoms with Gasteiger partial charge in [-0.25, -0.2) is 0 Å². The Hall–Kier alpha value is -3.65. The number of benzene rings is 1. The van der Waals surface area contributed by atoms with Gasteiger partial charge in [0.25, 0.3) is 5.91 Å². The van der Waals surface area contributed by atoms with Crippen LogP contribution in [0.5, 0.6) is 5.75 Å². The number of aromatic hydroxyl groups is 1. The van der Waals surface area contributed by atoms with Crippen LogP contribution in [-0.4, -0.2) is 79.7 Å². The van der Waals surface area contributed by atoms with Crippen molar-refractivity contribution < 1.29 is 39.9 Å². The number of unbranched alkanes of at least 4 members (excludes halogenated alkanes) is 1. The fourth-order valence-corrected chi connectivity index (χ4v) is 6.93. The molecule has 10 nitrogen and oxygen atoms in total. The molecule has 0 bridgehead atoms. The van der Waals surface area contributed by atoms with E-state index in [2.05, 4.69) is 5.92 Å². The minimum absolute atomic E-state index is 0.0153. The third-order valence-corrected chi connectivity index (χ3v) is 8.98. The van der Waals surface area contributed by atoms with Crippen molar-refractivity contribution in [1.29, 1.82) is 0 Å². The summed E-state index contributed by atoms with van der Waals surface area (Å²) >= 11 is 0. The van der Waals surface area contributed by atoms with Crippen LogP contribution in [0.4, 0.5) is 0 Å². The number of likely N-dealkylation sites (N-methyl/N-ethyl adjacent to an activating group) is 1. The predicted molar refractivity (Wildman–Crippen MR) is 146 cm³/mol. The summed E-state index contributed by atoms with van der Waals surface area (Å²) < 4.78 is 0. The van der Waals surface area contributed by atoms with Crippen LogP contribution in [0, 0.1) is 24.2 Å². The van der Waals surface area contributed by atoms with Crippen LogP contribution in [0.15, 0.2) is 29.0 Å². The molecule has 40 heavy (non-hydrogen) atoms. The topological polar surface area (TPSA) is 182 Å². The van der Waals surface area contributed by atoms with Gasteiger partial charge in [0.1, 0.15) is 22.8 Å². The minimum atomic E-state index is -2.94. The summed E-state index contributed by atoms with van der Waals surface area (Å²) in [5, 5.41) is 57.4. The first kappa shape index (κ1) is 29.3. The lowest BCUT2D eigenvalue weighted by Crippen LogP contribution is -2.70. The van der Waals surface area contributed by atoms with E-state index in [9.17, 15) is 39.9 Å². The fraction of sp³-hybridized carbons (Fsp3) is 0.500. The first-order chi connectivity index (χ1) is 18.5. The summed E-state index contributed by atoms with van der Waals surface area (Å²) in [5.41, 5.74) is 1.46. The Balaban J connectivity index is 1.98. The van der Waals surface area contributed by atoms with Gasteiger partial charge in [-0.1, -0.05) is 32.9 Å². The summed E-state index contributed by atoms with van der Waals surface area (Å²) in [6.07, 6.45) is 5.64. The summed E-state index contributed by atoms with van der Waals surface area (Å²) in [6, 6.07) is 2.08. The van der Waals surface area contributed by atoms with E-state index in [-0.39, 0.29) is 11.3 Å². The molecule has 0 aliphatic heterocycles. The van der Waals surface area contributed by atoms with Gasteiger partial charge in [0.05, 0.1) is 23.6 Å². The lowest BCUT2D eigenvalue weighted by molar-refractivity contribution is -0.169. The van der Waals surface area contributed by atoms with Crippen molar-refractivity contribution in [1.82, 2.24) is 4.90 Å². The number of phenols is 1. The molecular weight excluding hydrogens is 516 g/mol. The second-order valence-electron chi connectivity index (χ2n) is 11.9. The zero-order chi connectivity index (χ0) is 30.1. The first-order valence-electron chi connectivity index (χ1n) is 13.2. The number of aliphatic hydroxyl groups is 4. The van der Waals surface area contributed by atoms with Crippen LogP contribution < -0.4 is 5.73 Å². The van der Waals surface area contributed by atoms with Crippen LogP contribution in [0.2, 0.25) is 0 Å². The molecule has 1 fully saturated rings. The number of rotatable bonds is 6. The Morgan fingerprint density at radius 3 is 2.38 bits per heavy atom. The van der Waals surface area contributed by atoms with Crippen molar-refractivity contribution in [3.63, 3.8) is 0 Å². The van der Waals surface area contributed by atoms with Crippen LogP contribution >= 0.6 is 0 Å². The number of aliphatic hydroxyl groups excluding tert-OH is 3. The number of terminal acetylenes is 1. The average Bonchev–Trinajstić information content (AvgIpc) is 2.85. The number of hydrogen-bond donors (Lipinski definition) is 6. The van der Waals surface area contributed by atoms with Crippen LogP contribution in [-0.2, 0) is 19.8 Å². The number of amides is 1. The number of carbonyl (C=O) groups is 3. The Morgan fingerprint density at radius 1 is 1.20 bits per heavy atom. The van der Waals surface area contributed by atoms with Gasteiger partial charge in [0.2, 0.25) is 5.78 Å². The van der Waals surface area contributed by atoms with Gasteiger partial charge in [-0.05, 0) is 43.8 Å². The molecule has 3 aliphatic carbocycles. The first-order valence-corrected chi connectivity index (χ1v) is 13.2. The summed E-state index contributed by atoms with van der Waals surface area (Å²) in [5.74, 6) is -6.39. The van der Waals surface area contributed by atoms with Crippen LogP contribution in [0.3, 0.4) is 0 Å². The Labute approximate surface area is 232 Å². The number of primary amides is 1. The molecule has 0 heterocycles. The lowest BCUT2D eigenvalue weighted by Gasteiger charge is -2.53. The van der Waals surface area contributed by atoms with Gasteiger partial charge in [0.15, 0.2) is 11.4 Å². The SMILES string of the molecule is C#CCCCC(C)(C)c1ccc2c(c1O)C(O)=C1C(=O)[C@@]3(O)C(O)=C(C(N)=O)C(=O)[C@H](N(C)C)[C@H]3[C@H](O)[C@H]1[C@@H]2C. The highest BCUT2D eigenvalue weighted by Crippen LogP contribution is 2.57. The zero-order valence-electron chi connectivity index (χ0n) is 23.2. The normalized spacial score (nSPS) is 30.1. The average molecular weight is 553 g/mol. The molecule has 214 valence electrons.